The van der Waals surface area contributed by atoms with Crippen molar-refractivity contribution >= 4 is 35.7 Å². The summed E-state index contributed by atoms with van der Waals surface area (Å²) < 4.78 is 18.4. The molecule has 0 atom stereocenters. The van der Waals surface area contributed by atoms with Gasteiger partial charge in [0.05, 0.1) is 18.2 Å². The van der Waals surface area contributed by atoms with Crippen molar-refractivity contribution < 1.29 is 19.1 Å². The van der Waals surface area contributed by atoms with Crippen LogP contribution in [0, 0.1) is 0 Å². The minimum Gasteiger partial charge on any atom is -0.492 e. The van der Waals surface area contributed by atoms with Crippen molar-refractivity contribution in [2.75, 3.05) is 6.61 Å². The summed E-state index contributed by atoms with van der Waals surface area (Å²) >= 11 is 5.93. The van der Waals surface area contributed by atoms with Crippen LogP contribution in [-0.2, 0) is 11.1 Å². The van der Waals surface area contributed by atoms with Crippen LogP contribution in [0.4, 0.5) is 0 Å². The van der Waals surface area contributed by atoms with E-state index in [0.717, 1.165) is 0 Å². The van der Waals surface area contributed by atoms with Crippen molar-refractivity contribution in [3.05, 3.63) is 42.1 Å². The van der Waals surface area contributed by atoms with Crippen molar-refractivity contribution in [2.24, 2.45) is 0 Å². The third-order valence-corrected chi connectivity index (χ3v) is 4.38. The van der Waals surface area contributed by atoms with Gasteiger partial charge in [-0.1, -0.05) is 11.6 Å². The zero-order valence-corrected chi connectivity index (χ0v) is 13.4. The van der Waals surface area contributed by atoms with Crippen LogP contribution in [0.1, 0.15) is 0 Å². The largest absolute Gasteiger partial charge is 0.492 e. The lowest BCUT2D eigenvalue weighted by Gasteiger charge is -2.08. The molecule has 2 aromatic heterocycles. The van der Waals surface area contributed by atoms with Gasteiger partial charge in [0.2, 0.25) is 0 Å². The normalized spacial score (nSPS) is 11.8. The Morgan fingerprint density at radius 1 is 1.17 bits per heavy atom. The number of rotatable bonds is 5. The minimum atomic E-state index is -4.23. The molecule has 0 saturated heterocycles. The molecule has 120 valence electrons. The Labute approximate surface area is 135 Å². The van der Waals surface area contributed by atoms with E-state index in [9.17, 15) is 4.57 Å². The molecule has 1 aromatic carbocycles. The molecule has 0 radical (unpaired) electrons. The fraction of sp³-hybridized carbons (Fsp3) is 0.154. The molecule has 2 heterocycles. The molecule has 8 nitrogen and oxygen atoms in total. The topological polar surface area (TPSA) is 110 Å². The molecule has 0 amide bonds. The van der Waals surface area contributed by atoms with Crippen LogP contribution in [0.25, 0.3) is 11.2 Å². The van der Waals surface area contributed by atoms with Crippen LogP contribution in [-0.4, -0.2) is 35.9 Å². The second-order valence-electron chi connectivity index (χ2n) is 4.66. The molecule has 23 heavy (non-hydrogen) atoms. The average molecular weight is 355 g/mol. The Morgan fingerprint density at radius 2 is 1.91 bits per heavy atom. The summed E-state index contributed by atoms with van der Waals surface area (Å²) in [5.74, 6) is 0.513. The second-order valence-corrected chi connectivity index (χ2v) is 6.62. The van der Waals surface area contributed by atoms with Gasteiger partial charge < -0.3 is 19.1 Å². The number of ether oxygens (including phenoxy) is 1. The SMILES string of the molecule is O=P(O)(O)c1ccc(OCCn2cnc3c(Cl)ncnc32)cc1. The van der Waals surface area contributed by atoms with Crippen LogP contribution in [0.5, 0.6) is 5.75 Å². The maximum absolute atomic E-state index is 11.1. The molecule has 3 rings (SSSR count). The summed E-state index contributed by atoms with van der Waals surface area (Å²) in [6.07, 6.45) is 2.97. The predicted octanol–water partition coefficient (Wildman–Crippen LogP) is 1.36. The Bertz CT molecular complexity index is 877. The first-order valence-corrected chi connectivity index (χ1v) is 8.54. The van der Waals surface area contributed by atoms with E-state index in [1.165, 1.54) is 30.6 Å². The molecule has 10 heteroatoms. The van der Waals surface area contributed by atoms with Crippen molar-refractivity contribution in [3.8, 4) is 5.75 Å². The fourth-order valence-corrected chi connectivity index (χ4v) is 2.73. The molecular weight excluding hydrogens is 343 g/mol. The lowest BCUT2D eigenvalue weighted by molar-refractivity contribution is 0.300. The van der Waals surface area contributed by atoms with Crippen LogP contribution in [0.2, 0.25) is 5.15 Å². The number of fused-ring (bicyclic) bond motifs is 1. The van der Waals surface area contributed by atoms with E-state index in [-0.39, 0.29) is 5.30 Å². The van der Waals surface area contributed by atoms with Gasteiger partial charge in [-0.2, -0.15) is 0 Å². The first-order chi connectivity index (χ1) is 10.9. The van der Waals surface area contributed by atoms with E-state index in [0.29, 0.717) is 35.2 Å². The zero-order valence-electron chi connectivity index (χ0n) is 11.7. The Morgan fingerprint density at radius 3 is 2.61 bits per heavy atom. The molecule has 2 N–H and O–H groups in total. The smallest absolute Gasteiger partial charge is 0.356 e. The monoisotopic (exact) mass is 354 g/mol. The maximum atomic E-state index is 11.1. The number of imidazole rings is 1. The predicted molar refractivity (Wildman–Crippen MR) is 83.9 cm³/mol. The molecule has 0 aliphatic rings. The summed E-state index contributed by atoms with van der Waals surface area (Å²) in [6.45, 7) is 0.826. The quantitative estimate of drug-likeness (QED) is 0.525. The van der Waals surface area contributed by atoms with E-state index < -0.39 is 7.60 Å². The van der Waals surface area contributed by atoms with Gasteiger partial charge in [-0.15, -0.1) is 0 Å². The molecule has 0 spiro atoms. The van der Waals surface area contributed by atoms with Gasteiger partial charge >= 0.3 is 7.60 Å². The Balaban J connectivity index is 1.65. The van der Waals surface area contributed by atoms with Crippen molar-refractivity contribution in [1.82, 2.24) is 19.5 Å². The van der Waals surface area contributed by atoms with Gasteiger partial charge in [-0.25, -0.2) is 15.0 Å². The van der Waals surface area contributed by atoms with Gasteiger partial charge in [0.1, 0.15) is 24.2 Å². The number of nitrogens with zero attached hydrogens (tertiary/aromatic N) is 4. The van der Waals surface area contributed by atoms with E-state index in [2.05, 4.69) is 15.0 Å². The third-order valence-electron chi connectivity index (χ3n) is 3.13. The summed E-state index contributed by atoms with van der Waals surface area (Å²) in [7, 11) is -4.23. The van der Waals surface area contributed by atoms with E-state index in [1.54, 1.807) is 10.9 Å². The molecule has 0 fully saturated rings. The summed E-state index contributed by atoms with van der Waals surface area (Å²) in [4.78, 5) is 30.2. The van der Waals surface area contributed by atoms with Gasteiger partial charge in [-0.05, 0) is 24.3 Å². The molecule has 0 aliphatic heterocycles. The van der Waals surface area contributed by atoms with Crippen LogP contribution < -0.4 is 10.0 Å². The molecule has 0 saturated carbocycles. The van der Waals surface area contributed by atoms with Gasteiger partial charge in [0.25, 0.3) is 0 Å². The third kappa shape index (κ3) is 3.51. The molecule has 0 aliphatic carbocycles. The summed E-state index contributed by atoms with van der Waals surface area (Å²) in [6, 6.07) is 5.71. The van der Waals surface area contributed by atoms with Gasteiger partial charge in [0, 0.05) is 0 Å². The molecule has 3 aromatic rings. The lowest BCUT2D eigenvalue weighted by Crippen LogP contribution is -2.09. The van der Waals surface area contributed by atoms with Crippen molar-refractivity contribution in [3.63, 3.8) is 0 Å². The van der Waals surface area contributed by atoms with Crippen LogP contribution >= 0.6 is 19.2 Å². The number of aromatic nitrogens is 4. The minimum absolute atomic E-state index is 0.0446. The Kier molecular flexibility index (Phi) is 4.32. The lowest BCUT2D eigenvalue weighted by atomic mass is 10.3. The molecule has 0 bridgehead atoms. The highest BCUT2D eigenvalue weighted by atomic mass is 35.5. The first kappa shape index (κ1) is 15.9. The highest BCUT2D eigenvalue weighted by Crippen LogP contribution is 2.33. The van der Waals surface area contributed by atoms with E-state index >= 15 is 0 Å². The van der Waals surface area contributed by atoms with E-state index in [4.69, 9.17) is 26.1 Å². The fourth-order valence-electron chi connectivity index (χ4n) is 2.01. The number of hydrogen-bond donors (Lipinski definition) is 2. The van der Waals surface area contributed by atoms with Gasteiger partial charge in [-0.3, -0.25) is 4.57 Å². The van der Waals surface area contributed by atoms with Gasteiger partial charge in [0.15, 0.2) is 10.8 Å². The van der Waals surface area contributed by atoms with Crippen molar-refractivity contribution in [2.45, 2.75) is 6.54 Å². The van der Waals surface area contributed by atoms with E-state index in [1.807, 2.05) is 0 Å². The average Bonchev–Trinajstić information content (AvgIpc) is 2.92. The number of halogens is 1. The van der Waals surface area contributed by atoms with Crippen molar-refractivity contribution in [1.29, 1.82) is 0 Å². The first-order valence-electron chi connectivity index (χ1n) is 6.55. The number of hydrogen-bond acceptors (Lipinski definition) is 5. The molecule has 0 unspecified atom stereocenters. The number of benzene rings is 1. The highest BCUT2D eigenvalue weighted by Gasteiger charge is 2.16. The van der Waals surface area contributed by atoms with Crippen LogP contribution in [0.15, 0.2) is 36.9 Å². The second kappa shape index (κ2) is 6.25. The highest BCUT2D eigenvalue weighted by molar-refractivity contribution is 7.60. The maximum Gasteiger partial charge on any atom is 0.356 e. The summed E-state index contributed by atoms with van der Waals surface area (Å²) in [5, 5.41) is 0.250. The van der Waals surface area contributed by atoms with Crippen LogP contribution in [0.3, 0.4) is 0 Å². The Hall–Kier alpha value is -1.99. The summed E-state index contributed by atoms with van der Waals surface area (Å²) in [5.41, 5.74) is 1.14. The zero-order chi connectivity index (χ0) is 16.4. The standard InChI is InChI=1S/C13H12ClN4O4P/c14-12-11-13(16-7-15-12)18(8-17-11)5-6-22-9-1-3-10(4-2-9)23(19,20)21/h1-4,7-8H,5-6H2,(H2,19,20,21). The molecular formula is C13H12ClN4O4P.